The molecule has 7 nitrogen and oxygen atoms in total. The second-order valence-corrected chi connectivity index (χ2v) is 7.99. The molecular weight excluding hydrogens is 390 g/mol. The maximum atomic E-state index is 12.5. The first-order chi connectivity index (χ1) is 14.2. The van der Waals surface area contributed by atoms with E-state index in [4.69, 9.17) is 14.2 Å². The lowest BCUT2D eigenvalue weighted by atomic mass is 10.2. The summed E-state index contributed by atoms with van der Waals surface area (Å²) in [7, 11) is 1.79. The monoisotopic (exact) mass is 415 g/mol. The first-order valence-corrected chi connectivity index (χ1v) is 10.6. The second kappa shape index (κ2) is 9.39. The van der Waals surface area contributed by atoms with Crippen molar-refractivity contribution in [3.05, 3.63) is 45.9 Å². The van der Waals surface area contributed by atoms with E-state index in [-0.39, 0.29) is 5.91 Å². The Balaban J connectivity index is 1.30. The molecule has 8 heteroatoms. The maximum absolute atomic E-state index is 12.5. The molecule has 154 valence electrons. The minimum absolute atomic E-state index is 0.0670. The molecule has 1 aromatic heterocycles. The standard InChI is InChI=1S/C21H25N3O4S/c1-23(13-17-15-29-20(22-17)14-24-6-8-26-9-7-24)21(25)5-3-16-2-4-18-19(12-16)28-11-10-27-18/h2-5,12,15H,6-11,13-14H2,1H3/b5-3-. The Kier molecular flexibility index (Phi) is 6.43. The van der Waals surface area contributed by atoms with Crippen LogP contribution in [0.3, 0.4) is 0 Å². The van der Waals surface area contributed by atoms with Crippen molar-refractivity contribution in [1.82, 2.24) is 14.8 Å². The molecule has 0 atom stereocenters. The molecule has 0 unspecified atom stereocenters. The fraction of sp³-hybridized carbons (Fsp3) is 0.429. The molecule has 0 radical (unpaired) electrons. The van der Waals surface area contributed by atoms with Crippen LogP contribution in [0.1, 0.15) is 16.3 Å². The molecule has 1 fully saturated rings. The van der Waals surface area contributed by atoms with Crippen molar-refractivity contribution in [2.24, 2.45) is 0 Å². The van der Waals surface area contributed by atoms with Crippen molar-refractivity contribution in [3.8, 4) is 11.5 Å². The largest absolute Gasteiger partial charge is 0.486 e. The van der Waals surface area contributed by atoms with Crippen molar-refractivity contribution in [2.75, 3.05) is 46.6 Å². The zero-order chi connectivity index (χ0) is 20.1. The van der Waals surface area contributed by atoms with Gasteiger partial charge in [0.25, 0.3) is 0 Å². The molecule has 1 saturated heterocycles. The van der Waals surface area contributed by atoms with Crippen LogP contribution >= 0.6 is 11.3 Å². The summed E-state index contributed by atoms with van der Waals surface area (Å²) < 4.78 is 16.5. The quantitative estimate of drug-likeness (QED) is 0.676. The number of carbonyl (C=O) groups excluding carboxylic acids is 1. The summed E-state index contributed by atoms with van der Waals surface area (Å²) in [6.45, 7) is 5.89. The lowest BCUT2D eigenvalue weighted by Crippen LogP contribution is -2.35. The van der Waals surface area contributed by atoms with Crippen LogP contribution in [0.2, 0.25) is 0 Å². The first kappa shape index (κ1) is 19.9. The number of hydrogen-bond acceptors (Lipinski definition) is 7. The smallest absolute Gasteiger partial charge is 0.246 e. The molecule has 3 heterocycles. The van der Waals surface area contributed by atoms with Crippen LogP contribution in [0.15, 0.2) is 29.7 Å². The van der Waals surface area contributed by atoms with Crippen LogP contribution in [0.4, 0.5) is 0 Å². The zero-order valence-electron chi connectivity index (χ0n) is 16.5. The number of morpholine rings is 1. The van der Waals surface area contributed by atoms with E-state index >= 15 is 0 Å². The van der Waals surface area contributed by atoms with Gasteiger partial charge in [-0.25, -0.2) is 4.98 Å². The molecule has 1 amide bonds. The zero-order valence-corrected chi connectivity index (χ0v) is 17.3. The molecule has 0 N–H and O–H groups in total. The molecule has 0 spiro atoms. The molecular formula is C21H25N3O4S. The lowest BCUT2D eigenvalue weighted by Gasteiger charge is -2.25. The molecule has 29 heavy (non-hydrogen) atoms. The van der Waals surface area contributed by atoms with Gasteiger partial charge in [-0.05, 0) is 23.8 Å². The highest BCUT2D eigenvalue weighted by Crippen LogP contribution is 2.31. The van der Waals surface area contributed by atoms with Gasteiger partial charge in [-0.2, -0.15) is 0 Å². The molecule has 0 bridgehead atoms. The van der Waals surface area contributed by atoms with Gasteiger partial charge in [0.2, 0.25) is 5.91 Å². The van der Waals surface area contributed by atoms with Crippen LogP contribution in [0.25, 0.3) is 6.08 Å². The van der Waals surface area contributed by atoms with Crippen molar-refractivity contribution in [2.45, 2.75) is 13.1 Å². The van der Waals surface area contributed by atoms with Gasteiger partial charge in [0.1, 0.15) is 18.2 Å². The summed E-state index contributed by atoms with van der Waals surface area (Å²) >= 11 is 1.64. The van der Waals surface area contributed by atoms with Crippen LogP contribution in [-0.4, -0.2) is 67.3 Å². The number of rotatable bonds is 6. The van der Waals surface area contributed by atoms with E-state index in [1.54, 1.807) is 35.4 Å². The summed E-state index contributed by atoms with van der Waals surface area (Å²) in [5.74, 6) is 1.39. The average molecular weight is 416 g/mol. The minimum atomic E-state index is -0.0670. The molecule has 2 aliphatic heterocycles. The maximum Gasteiger partial charge on any atom is 0.246 e. The van der Waals surface area contributed by atoms with E-state index in [0.29, 0.717) is 19.8 Å². The van der Waals surface area contributed by atoms with E-state index in [0.717, 1.165) is 60.6 Å². The Labute approximate surface area is 174 Å². The normalized spacial score (nSPS) is 16.9. The van der Waals surface area contributed by atoms with Gasteiger partial charge >= 0.3 is 0 Å². The van der Waals surface area contributed by atoms with Crippen molar-refractivity contribution in [1.29, 1.82) is 0 Å². The molecule has 1 aromatic carbocycles. The fourth-order valence-corrected chi connectivity index (χ4v) is 4.05. The number of carbonyl (C=O) groups is 1. The van der Waals surface area contributed by atoms with E-state index in [1.807, 2.05) is 23.6 Å². The van der Waals surface area contributed by atoms with Crippen LogP contribution in [0.5, 0.6) is 11.5 Å². The third-order valence-electron chi connectivity index (χ3n) is 4.82. The average Bonchev–Trinajstić information content (AvgIpc) is 3.19. The molecule has 2 aromatic rings. The van der Waals surface area contributed by atoms with E-state index in [2.05, 4.69) is 9.88 Å². The van der Waals surface area contributed by atoms with E-state index in [9.17, 15) is 4.79 Å². The van der Waals surface area contributed by atoms with E-state index < -0.39 is 0 Å². The van der Waals surface area contributed by atoms with Crippen LogP contribution in [0, 0.1) is 0 Å². The van der Waals surface area contributed by atoms with Crippen molar-refractivity contribution in [3.63, 3.8) is 0 Å². The summed E-state index contributed by atoms with van der Waals surface area (Å²) in [6.07, 6.45) is 3.37. The van der Waals surface area contributed by atoms with E-state index in [1.165, 1.54) is 0 Å². The summed E-state index contributed by atoms with van der Waals surface area (Å²) in [6, 6.07) is 5.67. The number of benzene rings is 1. The number of nitrogens with zero attached hydrogens (tertiary/aromatic N) is 3. The predicted octanol–water partition coefficient (Wildman–Crippen LogP) is 2.42. The lowest BCUT2D eigenvalue weighted by molar-refractivity contribution is -0.125. The minimum Gasteiger partial charge on any atom is -0.486 e. The fourth-order valence-electron chi connectivity index (χ4n) is 3.22. The number of hydrogen-bond donors (Lipinski definition) is 0. The SMILES string of the molecule is CN(Cc1csc(CN2CCOCC2)n1)C(=O)/C=C\c1ccc2c(c1)OCCO2. The van der Waals surface area contributed by atoms with Crippen LogP contribution in [-0.2, 0) is 22.6 Å². The van der Waals surface area contributed by atoms with Gasteiger partial charge in [-0.15, -0.1) is 11.3 Å². The number of likely N-dealkylation sites (N-methyl/N-ethyl adjacent to an activating group) is 1. The number of fused-ring (bicyclic) bond motifs is 1. The number of thiazole rings is 1. The van der Waals surface area contributed by atoms with Gasteiger partial charge in [-0.1, -0.05) is 6.07 Å². The van der Waals surface area contributed by atoms with Gasteiger partial charge in [0.15, 0.2) is 11.5 Å². The Hall–Kier alpha value is -2.42. The number of amides is 1. The molecule has 2 aliphatic rings. The number of ether oxygens (including phenoxy) is 3. The third kappa shape index (κ3) is 5.35. The Morgan fingerprint density at radius 2 is 2.00 bits per heavy atom. The molecule has 0 saturated carbocycles. The summed E-state index contributed by atoms with van der Waals surface area (Å²) in [5, 5.41) is 3.11. The van der Waals surface area contributed by atoms with Crippen molar-refractivity contribution < 1.29 is 19.0 Å². The van der Waals surface area contributed by atoms with Gasteiger partial charge < -0.3 is 19.1 Å². The number of aromatic nitrogens is 1. The Bertz CT molecular complexity index is 877. The predicted molar refractivity (Wildman–Crippen MR) is 111 cm³/mol. The Morgan fingerprint density at radius 3 is 2.83 bits per heavy atom. The summed E-state index contributed by atoms with van der Waals surface area (Å²) in [5.41, 5.74) is 1.82. The molecule has 4 rings (SSSR count). The third-order valence-corrected chi connectivity index (χ3v) is 5.70. The Morgan fingerprint density at radius 1 is 1.21 bits per heavy atom. The van der Waals surface area contributed by atoms with Gasteiger partial charge in [0.05, 0.1) is 32.0 Å². The second-order valence-electron chi connectivity index (χ2n) is 7.05. The van der Waals surface area contributed by atoms with Gasteiger partial charge in [0, 0.05) is 31.6 Å². The highest BCUT2D eigenvalue weighted by Gasteiger charge is 2.15. The first-order valence-electron chi connectivity index (χ1n) is 9.73. The van der Waals surface area contributed by atoms with Crippen LogP contribution < -0.4 is 9.47 Å². The topological polar surface area (TPSA) is 64.1 Å². The highest BCUT2D eigenvalue weighted by molar-refractivity contribution is 7.09. The molecule has 0 aliphatic carbocycles. The van der Waals surface area contributed by atoms with Crippen molar-refractivity contribution >= 4 is 23.3 Å². The van der Waals surface area contributed by atoms with Gasteiger partial charge in [-0.3, -0.25) is 9.69 Å². The highest BCUT2D eigenvalue weighted by atomic mass is 32.1. The summed E-state index contributed by atoms with van der Waals surface area (Å²) in [4.78, 5) is 21.2.